The second-order valence-electron chi connectivity index (χ2n) is 7.43. The molecule has 0 aliphatic carbocycles. The molecule has 0 unspecified atom stereocenters. The van der Waals surface area contributed by atoms with Gasteiger partial charge < -0.3 is 15.0 Å². The zero-order valence-electron chi connectivity index (χ0n) is 17.8. The van der Waals surface area contributed by atoms with Gasteiger partial charge in [0.15, 0.2) is 0 Å². The fourth-order valence-electron chi connectivity index (χ4n) is 3.81. The molecule has 31 heavy (non-hydrogen) atoms. The van der Waals surface area contributed by atoms with Crippen LogP contribution in [-0.4, -0.2) is 60.1 Å². The molecular weight excluding hydrogens is 394 g/mol. The first-order valence-electron chi connectivity index (χ1n) is 10.3. The Labute approximate surface area is 182 Å². The summed E-state index contributed by atoms with van der Waals surface area (Å²) in [5.41, 5.74) is 2.58. The van der Waals surface area contributed by atoms with Crippen LogP contribution < -0.4 is 5.32 Å². The van der Waals surface area contributed by atoms with Crippen LogP contribution in [0.4, 0.5) is 4.79 Å². The highest BCUT2D eigenvalue weighted by Crippen LogP contribution is 2.24. The third kappa shape index (κ3) is 5.58. The summed E-state index contributed by atoms with van der Waals surface area (Å²) >= 11 is 0. The van der Waals surface area contributed by atoms with E-state index in [0.29, 0.717) is 26.2 Å². The topological polar surface area (TPSA) is 98.6 Å². The fraction of sp³-hybridized carbons (Fsp3) is 0.391. The molecule has 2 aromatic rings. The van der Waals surface area contributed by atoms with Crippen LogP contribution in [0.2, 0.25) is 0 Å². The van der Waals surface area contributed by atoms with Crippen LogP contribution in [-0.2, 0) is 9.53 Å². The van der Waals surface area contributed by atoms with Crippen molar-refractivity contribution in [2.24, 2.45) is 0 Å². The highest BCUT2D eigenvalue weighted by Gasteiger charge is 2.29. The molecule has 1 aromatic carbocycles. The van der Waals surface area contributed by atoms with E-state index in [1.807, 2.05) is 49.4 Å². The molecule has 1 saturated heterocycles. The molecule has 2 atom stereocenters. The second kappa shape index (κ2) is 10.5. The van der Waals surface area contributed by atoms with Gasteiger partial charge in [0.05, 0.1) is 25.6 Å². The van der Waals surface area contributed by atoms with Crippen LogP contribution in [0.25, 0.3) is 0 Å². The van der Waals surface area contributed by atoms with Crippen LogP contribution in [0.3, 0.4) is 0 Å². The minimum absolute atomic E-state index is 0.0454. The number of carbonyl (C=O) groups is 2. The maximum atomic E-state index is 13.0. The molecule has 8 nitrogen and oxygen atoms in total. The van der Waals surface area contributed by atoms with Gasteiger partial charge >= 0.3 is 6.09 Å². The van der Waals surface area contributed by atoms with E-state index in [9.17, 15) is 14.9 Å². The summed E-state index contributed by atoms with van der Waals surface area (Å²) in [7, 11) is 1.30. The molecule has 1 aliphatic heterocycles. The van der Waals surface area contributed by atoms with Crippen LogP contribution in [0.5, 0.6) is 0 Å². The molecule has 1 N–H and O–H groups in total. The number of nitriles is 1. The van der Waals surface area contributed by atoms with Gasteiger partial charge in [0.25, 0.3) is 0 Å². The Hall–Kier alpha value is -3.44. The summed E-state index contributed by atoms with van der Waals surface area (Å²) in [4.78, 5) is 32.9. The standard InChI is InChI=1S/C23H27N5O3/c1-17-19(9-6-10-25-17)21(16-24)27-11-13-28(14-12-27)22(29)15-20(26-23(30)31-2)18-7-4-3-5-8-18/h3-10,20-21H,11-15H2,1-2H3,(H,26,30)/t20-,21+/m1/s1. The molecule has 0 saturated carbocycles. The van der Waals surface area contributed by atoms with Gasteiger partial charge in [-0.3, -0.25) is 14.7 Å². The number of rotatable bonds is 6. The Morgan fingerprint density at radius 3 is 2.48 bits per heavy atom. The molecule has 1 aromatic heterocycles. The van der Waals surface area contributed by atoms with Gasteiger partial charge in [-0.15, -0.1) is 0 Å². The maximum Gasteiger partial charge on any atom is 0.407 e. The zero-order chi connectivity index (χ0) is 22.2. The minimum atomic E-state index is -0.574. The molecule has 8 heteroatoms. The number of piperazine rings is 1. The summed E-state index contributed by atoms with van der Waals surface area (Å²) in [5, 5.41) is 12.5. The van der Waals surface area contributed by atoms with Crippen LogP contribution in [0.15, 0.2) is 48.7 Å². The molecule has 0 spiro atoms. The molecule has 2 amide bonds. The Bertz CT molecular complexity index is 936. The molecule has 0 bridgehead atoms. The van der Waals surface area contributed by atoms with E-state index in [-0.39, 0.29) is 18.4 Å². The first-order chi connectivity index (χ1) is 15.0. The monoisotopic (exact) mass is 421 g/mol. The first kappa shape index (κ1) is 22.2. The van der Waals surface area contributed by atoms with Crippen molar-refractivity contribution in [1.82, 2.24) is 20.1 Å². The van der Waals surface area contributed by atoms with Gasteiger partial charge in [-0.25, -0.2) is 4.79 Å². The molecular formula is C23H27N5O3. The number of hydrogen-bond acceptors (Lipinski definition) is 6. The average molecular weight is 422 g/mol. The van der Waals surface area contributed by atoms with Crippen molar-refractivity contribution in [2.45, 2.75) is 25.4 Å². The number of aromatic nitrogens is 1. The van der Waals surface area contributed by atoms with Crippen molar-refractivity contribution >= 4 is 12.0 Å². The maximum absolute atomic E-state index is 13.0. The van der Waals surface area contributed by atoms with Gasteiger partial charge in [-0.05, 0) is 18.6 Å². The van der Waals surface area contributed by atoms with E-state index in [0.717, 1.165) is 16.8 Å². The number of ether oxygens (including phenoxy) is 1. The number of hydrogen-bond donors (Lipinski definition) is 1. The van der Waals surface area contributed by atoms with Gasteiger partial charge in [0.2, 0.25) is 5.91 Å². The van der Waals surface area contributed by atoms with Crippen molar-refractivity contribution in [3.8, 4) is 6.07 Å². The number of nitrogens with zero attached hydrogens (tertiary/aromatic N) is 4. The van der Waals surface area contributed by atoms with Crippen LogP contribution in [0, 0.1) is 18.3 Å². The molecule has 162 valence electrons. The lowest BCUT2D eigenvalue weighted by atomic mass is 10.0. The Morgan fingerprint density at radius 1 is 1.16 bits per heavy atom. The second-order valence-corrected chi connectivity index (χ2v) is 7.43. The van der Waals surface area contributed by atoms with E-state index >= 15 is 0 Å². The van der Waals surface area contributed by atoms with Crippen molar-refractivity contribution in [1.29, 1.82) is 5.26 Å². The fourth-order valence-corrected chi connectivity index (χ4v) is 3.81. The predicted molar refractivity (Wildman–Crippen MR) is 115 cm³/mol. The van der Waals surface area contributed by atoms with Gasteiger partial charge in [0.1, 0.15) is 6.04 Å². The largest absolute Gasteiger partial charge is 0.453 e. The predicted octanol–water partition coefficient (Wildman–Crippen LogP) is 2.59. The van der Waals surface area contributed by atoms with E-state index in [4.69, 9.17) is 4.74 Å². The number of amides is 2. The average Bonchev–Trinajstić information content (AvgIpc) is 2.81. The lowest BCUT2D eigenvalue weighted by Crippen LogP contribution is -2.50. The number of methoxy groups -OCH3 is 1. The van der Waals surface area contributed by atoms with E-state index in [1.165, 1.54) is 7.11 Å². The molecule has 1 aliphatic rings. The van der Waals surface area contributed by atoms with Crippen molar-refractivity contribution in [2.75, 3.05) is 33.3 Å². The molecule has 0 radical (unpaired) electrons. The molecule has 1 fully saturated rings. The van der Waals surface area contributed by atoms with Gasteiger partial charge in [-0.2, -0.15) is 5.26 Å². The van der Waals surface area contributed by atoms with Gasteiger partial charge in [-0.1, -0.05) is 36.4 Å². The van der Waals surface area contributed by atoms with E-state index in [2.05, 4.69) is 21.3 Å². The van der Waals surface area contributed by atoms with Crippen LogP contribution in [0.1, 0.15) is 35.3 Å². The smallest absolute Gasteiger partial charge is 0.407 e. The SMILES string of the molecule is COC(=O)N[C@H](CC(=O)N1CCN([C@@H](C#N)c2cccnc2C)CC1)c1ccccc1. The highest BCUT2D eigenvalue weighted by molar-refractivity contribution is 5.78. The quantitative estimate of drug-likeness (QED) is 0.770. The number of carbonyl (C=O) groups excluding carboxylic acids is 2. The summed E-state index contributed by atoms with van der Waals surface area (Å²) in [6.45, 7) is 4.14. The minimum Gasteiger partial charge on any atom is -0.453 e. The van der Waals surface area contributed by atoms with Gasteiger partial charge in [0, 0.05) is 43.6 Å². The normalized spacial score (nSPS) is 16.1. The Morgan fingerprint density at radius 2 is 1.87 bits per heavy atom. The zero-order valence-corrected chi connectivity index (χ0v) is 17.8. The number of benzene rings is 1. The first-order valence-corrected chi connectivity index (χ1v) is 10.3. The number of aryl methyl sites for hydroxylation is 1. The van der Waals surface area contributed by atoms with E-state index in [1.54, 1.807) is 11.1 Å². The highest BCUT2D eigenvalue weighted by atomic mass is 16.5. The lowest BCUT2D eigenvalue weighted by molar-refractivity contribution is -0.133. The van der Waals surface area contributed by atoms with Crippen molar-refractivity contribution in [3.05, 3.63) is 65.5 Å². The summed E-state index contributed by atoms with van der Waals surface area (Å²) < 4.78 is 4.72. The third-order valence-corrected chi connectivity index (χ3v) is 5.55. The van der Waals surface area contributed by atoms with E-state index < -0.39 is 12.1 Å². The van der Waals surface area contributed by atoms with Crippen molar-refractivity contribution < 1.29 is 14.3 Å². The summed E-state index contributed by atoms with van der Waals surface area (Å²) in [6, 6.07) is 14.7. The molecule has 2 heterocycles. The van der Waals surface area contributed by atoms with Crippen LogP contribution >= 0.6 is 0 Å². The Balaban J connectivity index is 1.63. The number of pyridine rings is 1. The summed E-state index contributed by atoms with van der Waals surface area (Å²) in [5.74, 6) is -0.0454. The third-order valence-electron chi connectivity index (χ3n) is 5.55. The molecule has 3 rings (SSSR count). The Kier molecular flexibility index (Phi) is 7.57. The number of alkyl carbamates (subject to hydrolysis) is 1. The summed E-state index contributed by atoms with van der Waals surface area (Å²) in [6.07, 6.45) is 1.29. The number of nitrogens with one attached hydrogen (secondary N) is 1. The van der Waals surface area contributed by atoms with Crippen molar-refractivity contribution in [3.63, 3.8) is 0 Å². The lowest BCUT2D eigenvalue weighted by Gasteiger charge is -2.37.